The van der Waals surface area contributed by atoms with Gasteiger partial charge in [-0.1, -0.05) is 0 Å². The zero-order chi connectivity index (χ0) is 19.9. The molecule has 1 atom stereocenters. The summed E-state index contributed by atoms with van der Waals surface area (Å²) >= 11 is 0. The van der Waals surface area contributed by atoms with Gasteiger partial charge in [0.15, 0.2) is 0 Å². The Bertz CT molecular complexity index is 507. The van der Waals surface area contributed by atoms with Crippen molar-refractivity contribution in [3.05, 3.63) is 0 Å². The number of ether oxygens (including phenoxy) is 2. The zero-order valence-electron chi connectivity index (χ0n) is 15.1. The number of rotatable bonds is 8. The van der Waals surface area contributed by atoms with Gasteiger partial charge in [0.05, 0.1) is 0 Å². The van der Waals surface area contributed by atoms with Gasteiger partial charge in [0.25, 0.3) is 5.91 Å². The maximum atomic E-state index is 13.0. The molecule has 7 nitrogen and oxygen atoms in total. The molecule has 2 heterocycles. The molecule has 2 rings (SSSR count). The molecule has 158 valence electrons. The SMILES string of the molecule is O=C(NO)C1(S(=O)N2CCC(COCCCC(F)(F)F)CC2)CCOCC1. The van der Waals surface area contributed by atoms with Crippen LogP contribution in [0.15, 0.2) is 0 Å². The highest BCUT2D eigenvalue weighted by Crippen LogP contribution is 2.32. The van der Waals surface area contributed by atoms with E-state index in [0.717, 1.165) is 0 Å². The first-order chi connectivity index (χ1) is 12.8. The van der Waals surface area contributed by atoms with Crippen LogP contribution in [0.2, 0.25) is 0 Å². The van der Waals surface area contributed by atoms with Crippen molar-refractivity contribution in [3.8, 4) is 0 Å². The van der Waals surface area contributed by atoms with Gasteiger partial charge < -0.3 is 9.47 Å². The Hall–Kier alpha value is -0.750. The average Bonchev–Trinajstić information content (AvgIpc) is 2.66. The second kappa shape index (κ2) is 10.1. The number of halogens is 3. The molecular formula is C16H27F3N2O5S. The number of nitrogens with one attached hydrogen (secondary N) is 1. The van der Waals surface area contributed by atoms with E-state index >= 15 is 0 Å². The van der Waals surface area contributed by atoms with Crippen LogP contribution < -0.4 is 5.48 Å². The molecule has 2 aliphatic heterocycles. The molecule has 1 amide bonds. The van der Waals surface area contributed by atoms with Crippen LogP contribution in [-0.4, -0.2) is 70.1 Å². The molecule has 2 aliphatic rings. The van der Waals surface area contributed by atoms with Gasteiger partial charge in [-0.3, -0.25) is 10.0 Å². The number of carbonyl (C=O) groups excluding carboxylic acids is 1. The summed E-state index contributed by atoms with van der Waals surface area (Å²) in [6, 6.07) is 0. The number of carbonyl (C=O) groups is 1. The minimum absolute atomic E-state index is 0.0484. The van der Waals surface area contributed by atoms with E-state index in [1.807, 2.05) is 0 Å². The maximum Gasteiger partial charge on any atom is 0.389 e. The number of hydroxylamine groups is 1. The van der Waals surface area contributed by atoms with Crippen LogP contribution >= 0.6 is 0 Å². The van der Waals surface area contributed by atoms with Crippen LogP contribution in [0.4, 0.5) is 13.2 Å². The van der Waals surface area contributed by atoms with E-state index in [0.29, 0.717) is 45.8 Å². The summed E-state index contributed by atoms with van der Waals surface area (Å²) in [5.41, 5.74) is 1.64. The zero-order valence-corrected chi connectivity index (χ0v) is 15.9. The van der Waals surface area contributed by atoms with Gasteiger partial charge in [0.1, 0.15) is 15.7 Å². The third-order valence-electron chi connectivity index (χ3n) is 5.06. The standard InChI is InChI=1S/C16H27F3N2O5S/c17-16(18,19)4-1-9-26-12-13-2-7-21(8-3-13)27(24)15(14(22)20-23)5-10-25-11-6-15/h13,23H,1-12H2,(H,20,22). The van der Waals surface area contributed by atoms with Gasteiger partial charge in [-0.2, -0.15) is 13.2 Å². The van der Waals surface area contributed by atoms with Crippen molar-refractivity contribution in [1.29, 1.82) is 0 Å². The lowest BCUT2D eigenvalue weighted by Gasteiger charge is -2.40. The number of amides is 1. The minimum atomic E-state index is -4.15. The lowest BCUT2D eigenvalue weighted by Crippen LogP contribution is -2.57. The second-order valence-electron chi connectivity index (χ2n) is 6.96. The van der Waals surface area contributed by atoms with E-state index in [-0.39, 0.29) is 31.8 Å². The largest absolute Gasteiger partial charge is 0.389 e. The molecule has 2 fully saturated rings. The van der Waals surface area contributed by atoms with Crippen molar-refractivity contribution in [2.24, 2.45) is 5.92 Å². The molecule has 11 heteroatoms. The van der Waals surface area contributed by atoms with Crippen LogP contribution in [0, 0.1) is 5.92 Å². The molecule has 0 spiro atoms. The van der Waals surface area contributed by atoms with Gasteiger partial charge in [-0.05, 0) is 38.0 Å². The van der Waals surface area contributed by atoms with Gasteiger partial charge in [0.2, 0.25) is 0 Å². The number of nitrogens with zero attached hydrogens (tertiary/aromatic N) is 1. The van der Waals surface area contributed by atoms with Crippen molar-refractivity contribution in [1.82, 2.24) is 9.79 Å². The first-order valence-electron chi connectivity index (χ1n) is 9.12. The highest BCUT2D eigenvalue weighted by atomic mass is 32.2. The Kier molecular flexibility index (Phi) is 8.47. The van der Waals surface area contributed by atoms with Crippen LogP contribution in [0.1, 0.15) is 38.5 Å². The summed E-state index contributed by atoms with van der Waals surface area (Å²) < 4.78 is 60.4. The summed E-state index contributed by atoms with van der Waals surface area (Å²) in [6.45, 7) is 2.08. The maximum absolute atomic E-state index is 13.0. The van der Waals surface area contributed by atoms with E-state index in [4.69, 9.17) is 14.7 Å². The second-order valence-corrected chi connectivity index (χ2v) is 8.76. The molecule has 27 heavy (non-hydrogen) atoms. The average molecular weight is 416 g/mol. The Labute approximate surface area is 159 Å². The van der Waals surface area contributed by atoms with E-state index in [2.05, 4.69) is 0 Å². The monoisotopic (exact) mass is 416 g/mol. The van der Waals surface area contributed by atoms with Crippen LogP contribution in [0.5, 0.6) is 0 Å². The molecule has 1 unspecified atom stereocenters. The molecule has 0 aromatic carbocycles. The smallest absolute Gasteiger partial charge is 0.381 e. The Balaban J connectivity index is 1.77. The first-order valence-corrected chi connectivity index (χ1v) is 10.2. The van der Waals surface area contributed by atoms with Crippen LogP contribution in [-0.2, 0) is 25.3 Å². The molecule has 2 saturated heterocycles. The number of piperidine rings is 1. The molecule has 0 aliphatic carbocycles. The summed E-state index contributed by atoms with van der Waals surface area (Å²) in [5.74, 6) is -0.458. The molecular weight excluding hydrogens is 389 g/mol. The lowest BCUT2D eigenvalue weighted by atomic mass is 9.98. The van der Waals surface area contributed by atoms with Crippen molar-refractivity contribution < 1.29 is 36.9 Å². The summed E-state index contributed by atoms with van der Waals surface area (Å²) in [6.07, 6.45) is -3.12. The predicted molar refractivity (Wildman–Crippen MR) is 91.3 cm³/mol. The predicted octanol–water partition coefficient (Wildman–Crippen LogP) is 1.78. The van der Waals surface area contributed by atoms with Crippen molar-refractivity contribution in [3.63, 3.8) is 0 Å². The molecule has 0 aromatic heterocycles. The Morgan fingerprint density at radius 2 is 1.93 bits per heavy atom. The molecule has 0 aromatic rings. The third kappa shape index (κ3) is 6.38. The highest BCUT2D eigenvalue weighted by Gasteiger charge is 2.48. The Morgan fingerprint density at radius 1 is 1.30 bits per heavy atom. The molecule has 2 N–H and O–H groups in total. The van der Waals surface area contributed by atoms with Gasteiger partial charge >= 0.3 is 6.18 Å². The topological polar surface area (TPSA) is 88.1 Å². The van der Waals surface area contributed by atoms with Gasteiger partial charge in [-0.25, -0.2) is 14.0 Å². The van der Waals surface area contributed by atoms with E-state index in [1.54, 1.807) is 9.79 Å². The summed E-state index contributed by atoms with van der Waals surface area (Å²) in [5, 5.41) is 9.05. The fraction of sp³-hybridized carbons (Fsp3) is 0.938. The van der Waals surface area contributed by atoms with Crippen molar-refractivity contribution in [2.45, 2.75) is 49.4 Å². The minimum Gasteiger partial charge on any atom is -0.381 e. The number of hydrogen-bond donors (Lipinski definition) is 2. The van der Waals surface area contributed by atoms with Gasteiger partial charge in [-0.15, -0.1) is 0 Å². The molecule has 0 saturated carbocycles. The third-order valence-corrected chi connectivity index (χ3v) is 7.16. The number of alkyl halides is 3. The fourth-order valence-corrected chi connectivity index (χ4v) is 5.15. The highest BCUT2D eigenvalue weighted by molar-refractivity contribution is 7.85. The van der Waals surface area contributed by atoms with E-state index in [1.165, 1.54) is 0 Å². The van der Waals surface area contributed by atoms with Gasteiger partial charge in [0, 0.05) is 45.9 Å². The first kappa shape index (κ1) is 22.5. The molecule has 0 bridgehead atoms. The van der Waals surface area contributed by atoms with E-state index < -0.39 is 34.2 Å². The van der Waals surface area contributed by atoms with Crippen LogP contribution in [0.25, 0.3) is 0 Å². The Morgan fingerprint density at radius 3 is 2.48 bits per heavy atom. The van der Waals surface area contributed by atoms with E-state index in [9.17, 15) is 22.2 Å². The summed E-state index contributed by atoms with van der Waals surface area (Å²) in [4.78, 5) is 12.2. The lowest BCUT2D eigenvalue weighted by molar-refractivity contribution is -0.138. The summed E-state index contributed by atoms with van der Waals surface area (Å²) in [7, 11) is -1.60. The van der Waals surface area contributed by atoms with Crippen molar-refractivity contribution in [2.75, 3.05) is 39.5 Å². The number of hydrogen-bond acceptors (Lipinski definition) is 5. The fourth-order valence-electron chi connectivity index (χ4n) is 3.40. The van der Waals surface area contributed by atoms with Crippen LogP contribution in [0.3, 0.4) is 0 Å². The quantitative estimate of drug-likeness (QED) is 0.358. The molecule has 0 radical (unpaired) electrons. The van der Waals surface area contributed by atoms with Crippen molar-refractivity contribution >= 4 is 16.9 Å². The normalized spacial score (nSPS) is 23.1.